The van der Waals surface area contributed by atoms with Crippen LogP contribution in [0.3, 0.4) is 0 Å². The molecule has 0 aromatic rings. The number of ether oxygens (including phenoxy) is 4. The summed E-state index contributed by atoms with van der Waals surface area (Å²) < 4.78 is 23.4. The zero-order valence-corrected chi connectivity index (χ0v) is 16.6. The summed E-state index contributed by atoms with van der Waals surface area (Å²) in [6, 6.07) is 0. The van der Waals surface area contributed by atoms with Gasteiger partial charge in [-0.2, -0.15) is 0 Å². The summed E-state index contributed by atoms with van der Waals surface area (Å²) in [6.45, 7) is 0. The number of carbonyl (C=O) groups is 4. The van der Waals surface area contributed by atoms with Gasteiger partial charge in [-0.15, -0.1) is 0 Å². The Bertz CT molecular complexity index is 1030. The molecule has 8 bridgehead atoms. The summed E-state index contributed by atoms with van der Waals surface area (Å²) >= 11 is 0. The van der Waals surface area contributed by atoms with Crippen molar-refractivity contribution in [2.75, 3.05) is 14.2 Å². The van der Waals surface area contributed by atoms with Crippen molar-refractivity contribution in [3.05, 3.63) is 0 Å². The molecule has 8 saturated carbocycles. The van der Waals surface area contributed by atoms with Crippen molar-refractivity contribution in [1.82, 2.24) is 0 Å². The zero-order valence-electron chi connectivity index (χ0n) is 16.6. The number of Topliss-reactive ketones (excluding diaryl/α,β-unsaturated/α-hetero) is 2. The minimum Gasteiger partial charge on any atom is -0.469 e. The second-order valence-corrected chi connectivity index (χ2v) is 11.1. The Morgan fingerprint density at radius 1 is 0.767 bits per heavy atom. The lowest BCUT2D eigenvalue weighted by atomic mass is 9.43. The third-order valence-electron chi connectivity index (χ3n) is 11.7. The number of epoxide rings is 2. The average molecular weight is 412 g/mol. The van der Waals surface area contributed by atoms with E-state index in [0.717, 1.165) is 0 Å². The van der Waals surface area contributed by atoms with Crippen molar-refractivity contribution in [1.29, 1.82) is 0 Å². The molecule has 0 radical (unpaired) electrons. The Balaban J connectivity index is 1.43. The van der Waals surface area contributed by atoms with Crippen LogP contribution in [0.1, 0.15) is 25.7 Å². The number of rotatable bonds is 2. The third kappa shape index (κ3) is 0.835. The van der Waals surface area contributed by atoms with Crippen LogP contribution in [0, 0.1) is 46.3 Å². The summed E-state index contributed by atoms with van der Waals surface area (Å²) in [6.07, 6.45) is 1.99. The lowest BCUT2D eigenvalue weighted by molar-refractivity contribution is -0.197. The normalized spacial score (nSPS) is 69.4. The number of carbonyl (C=O) groups excluding carboxylic acids is 4. The van der Waals surface area contributed by atoms with E-state index in [9.17, 15) is 19.2 Å². The molecule has 10 fully saturated rings. The fraction of sp³-hybridized carbons (Fsp3) is 0.818. The molecule has 0 N–H and O–H groups in total. The molecule has 2 saturated heterocycles. The summed E-state index contributed by atoms with van der Waals surface area (Å²) in [4.78, 5) is 53.8. The van der Waals surface area contributed by atoms with Crippen LogP contribution in [0.4, 0.5) is 0 Å². The number of ketones is 2. The smallest absolute Gasteiger partial charge is 0.313 e. The molecule has 8 aliphatic carbocycles. The Morgan fingerprint density at radius 2 is 1.17 bits per heavy atom. The van der Waals surface area contributed by atoms with E-state index in [1.54, 1.807) is 0 Å². The minimum atomic E-state index is -1.20. The summed E-state index contributed by atoms with van der Waals surface area (Å²) in [5.41, 5.74) is -5.69. The van der Waals surface area contributed by atoms with Gasteiger partial charge in [0.25, 0.3) is 0 Å². The molecule has 30 heavy (non-hydrogen) atoms. The lowest BCUT2D eigenvalue weighted by Crippen LogP contribution is -2.69. The highest BCUT2D eigenvalue weighted by atomic mass is 16.7. The number of hydrogen-bond acceptors (Lipinski definition) is 8. The molecule has 0 aromatic carbocycles. The van der Waals surface area contributed by atoms with E-state index in [-0.39, 0.29) is 47.1 Å². The largest absolute Gasteiger partial charge is 0.469 e. The Morgan fingerprint density at radius 3 is 1.53 bits per heavy atom. The molecule has 0 aromatic heterocycles. The SMILES string of the molecule is COC(=O)[C@]12[C@H]3[C@H]4[C@H]5[C@@H]1[C@@]16CCC(=O)[C@]1(O6)[C@@H]5[C@]2(C(=O)OC)[C@@H]4[C@]12CCC(=O)[C@]31O2. The predicted molar refractivity (Wildman–Crippen MR) is 91.4 cm³/mol. The molecule has 156 valence electrons. The molecule has 8 heteroatoms. The van der Waals surface area contributed by atoms with Crippen molar-refractivity contribution >= 4 is 23.5 Å². The molecule has 2 heterocycles. The van der Waals surface area contributed by atoms with Gasteiger partial charge in [-0.3, -0.25) is 19.2 Å². The molecule has 0 unspecified atom stereocenters. The van der Waals surface area contributed by atoms with Gasteiger partial charge in [0.2, 0.25) is 0 Å². The van der Waals surface area contributed by atoms with Crippen molar-refractivity contribution in [3.63, 3.8) is 0 Å². The van der Waals surface area contributed by atoms with Gasteiger partial charge in [-0.1, -0.05) is 0 Å². The molecule has 12 atom stereocenters. The molecular formula is C22H20O8. The van der Waals surface area contributed by atoms with Crippen LogP contribution in [-0.2, 0) is 38.1 Å². The lowest BCUT2D eigenvalue weighted by Gasteiger charge is -2.53. The monoisotopic (exact) mass is 412 g/mol. The highest BCUT2D eigenvalue weighted by Gasteiger charge is 3.16. The first-order chi connectivity index (χ1) is 14.4. The van der Waals surface area contributed by atoms with Gasteiger partial charge in [0.05, 0.1) is 25.0 Å². The zero-order chi connectivity index (χ0) is 20.4. The second-order valence-electron chi connectivity index (χ2n) is 11.1. The van der Waals surface area contributed by atoms with Crippen LogP contribution < -0.4 is 0 Å². The van der Waals surface area contributed by atoms with Gasteiger partial charge in [0, 0.05) is 36.5 Å². The first kappa shape index (κ1) is 15.9. The van der Waals surface area contributed by atoms with Crippen LogP contribution in [0.25, 0.3) is 0 Å². The van der Waals surface area contributed by atoms with Crippen LogP contribution >= 0.6 is 0 Å². The number of methoxy groups -OCH3 is 2. The Labute approximate surface area is 170 Å². The first-order valence-electron chi connectivity index (χ1n) is 11.0. The maximum atomic E-state index is 13.8. The van der Waals surface area contributed by atoms with E-state index in [4.69, 9.17) is 18.9 Å². The quantitative estimate of drug-likeness (QED) is 0.453. The molecule has 8 nitrogen and oxygen atoms in total. The Kier molecular flexibility index (Phi) is 1.90. The first-order valence-corrected chi connectivity index (χ1v) is 11.0. The van der Waals surface area contributed by atoms with Crippen molar-refractivity contribution in [2.45, 2.75) is 48.1 Å². The summed E-state index contributed by atoms with van der Waals surface area (Å²) in [5, 5.41) is 0. The van der Waals surface area contributed by atoms with Gasteiger partial charge in [-0.25, -0.2) is 0 Å². The minimum absolute atomic E-state index is 0.00671. The van der Waals surface area contributed by atoms with E-state index in [2.05, 4.69) is 0 Å². The predicted octanol–water partition coefficient (Wildman–Crippen LogP) is -0.188. The van der Waals surface area contributed by atoms with E-state index in [1.165, 1.54) is 14.2 Å². The number of hydrogen-bond donors (Lipinski definition) is 0. The number of esters is 2. The van der Waals surface area contributed by atoms with Crippen LogP contribution in [0.15, 0.2) is 0 Å². The topological polar surface area (TPSA) is 112 Å². The fourth-order valence-electron chi connectivity index (χ4n) is 12.1. The van der Waals surface area contributed by atoms with Crippen molar-refractivity contribution in [3.8, 4) is 0 Å². The van der Waals surface area contributed by atoms with Gasteiger partial charge in [0.15, 0.2) is 22.8 Å². The van der Waals surface area contributed by atoms with Crippen LogP contribution in [0.5, 0.6) is 0 Å². The van der Waals surface area contributed by atoms with Crippen molar-refractivity contribution < 1.29 is 38.1 Å². The molecular weight excluding hydrogens is 392 g/mol. The van der Waals surface area contributed by atoms with Gasteiger partial charge in [0.1, 0.15) is 11.2 Å². The summed E-state index contributed by atoms with van der Waals surface area (Å²) in [7, 11) is 2.69. The second kappa shape index (κ2) is 3.58. The molecule has 0 amide bonds. The van der Waals surface area contributed by atoms with Gasteiger partial charge >= 0.3 is 11.9 Å². The van der Waals surface area contributed by atoms with Crippen LogP contribution in [0.2, 0.25) is 0 Å². The average Bonchev–Trinajstić information content (AvgIpc) is 3.06. The van der Waals surface area contributed by atoms with Gasteiger partial charge < -0.3 is 18.9 Å². The van der Waals surface area contributed by atoms with Crippen LogP contribution in [-0.4, -0.2) is 60.1 Å². The standard InChI is InChI=1S/C22H20O8/c1-27-15(25)19-11-9-10-12(18-6-4-7(23)21(18,30-18)13(10)19)20(19,16(26)28-2)14(9)22-8(24)3-5-17(11,22)29-22/h9-14H,3-6H2,1-2H3/t9-,10-,11-,12+,13-,14+,17+,18-,19-,20+,21-,22-/m0/s1. The van der Waals surface area contributed by atoms with E-state index in [1.807, 2.05) is 0 Å². The Hall–Kier alpha value is -1.80. The molecule has 2 aliphatic heterocycles. The molecule has 10 aliphatic rings. The van der Waals surface area contributed by atoms with E-state index < -0.39 is 45.2 Å². The highest BCUT2D eigenvalue weighted by Crippen LogP contribution is 3.05. The van der Waals surface area contributed by atoms with E-state index >= 15 is 0 Å². The maximum Gasteiger partial charge on any atom is 0.313 e. The molecule has 10 rings (SSSR count). The fourth-order valence-corrected chi connectivity index (χ4v) is 12.1. The maximum absolute atomic E-state index is 13.8. The van der Waals surface area contributed by atoms with Gasteiger partial charge in [-0.05, 0) is 24.7 Å². The highest BCUT2D eigenvalue weighted by molar-refractivity contribution is 6.07. The summed E-state index contributed by atoms with van der Waals surface area (Å²) in [5.74, 6) is -2.09. The van der Waals surface area contributed by atoms with Crippen molar-refractivity contribution in [2.24, 2.45) is 46.3 Å². The molecule has 0 spiro atoms. The third-order valence-corrected chi connectivity index (χ3v) is 11.7. The van der Waals surface area contributed by atoms with E-state index in [0.29, 0.717) is 25.7 Å².